The minimum atomic E-state index is 0.564. The van der Waals surface area contributed by atoms with Gasteiger partial charge in [0, 0.05) is 18.5 Å². The summed E-state index contributed by atoms with van der Waals surface area (Å²) in [5.74, 6) is 2.19. The molecule has 3 N–H and O–H groups in total. The first-order chi connectivity index (χ1) is 9.20. The predicted octanol–water partition coefficient (Wildman–Crippen LogP) is 2.58. The molecule has 0 aliphatic carbocycles. The molecule has 0 saturated carbocycles. The summed E-state index contributed by atoms with van der Waals surface area (Å²) in [6, 6.07) is 10.4. The molecule has 100 valence electrons. The predicted molar refractivity (Wildman–Crippen MR) is 79.2 cm³/mol. The normalized spacial score (nSPS) is 10.4. The van der Waals surface area contributed by atoms with Crippen molar-refractivity contribution >= 4 is 11.6 Å². The first-order valence-corrected chi connectivity index (χ1v) is 6.61. The quantitative estimate of drug-likeness (QED) is 0.863. The van der Waals surface area contributed by atoms with Gasteiger partial charge in [-0.2, -0.15) is 0 Å². The van der Waals surface area contributed by atoms with Crippen molar-refractivity contribution in [3.8, 4) is 0 Å². The van der Waals surface area contributed by atoms with Gasteiger partial charge in [0.15, 0.2) is 0 Å². The maximum atomic E-state index is 5.89. The molecule has 0 radical (unpaired) electrons. The topological polar surface area (TPSA) is 63.8 Å². The van der Waals surface area contributed by atoms with Gasteiger partial charge in [0.25, 0.3) is 0 Å². The molecule has 0 spiro atoms. The fourth-order valence-electron chi connectivity index (χ4n) is 1.88. The van der Waals surface area contributed by atoms with Crippen LogP contribution in [-0.4, -0.2) is 16.5 Å². The van der Waals surface area contributed by atoms with Crippen LogP contribution in [0, 0.1) is 6.92 Å². The van der Waals surface area contributed by atoms with Gasteiger partial charge in [0.05, 0.1) is 0 Å². The Morgan fingerprint density at radius 1 is 1.16 bits per heavy atom. The Bertz CT molecular complexity index is 537. The standard InChI is InChI=1S/C15H20N4/c1-3-13-18-14(16)11(2)15(19-13)17-10-9-12-7-5-4-6-8-12/h4-8H,3,9-10H2,1-2H3,(H3,16,17,18,19). The molecular formula is C15H20N4. The second kappa shape index (κ2) is 6.18. The lowest BCUT2D eigenvalue weighted by Gasteiger charge is -2.11. The number of nitrogen functional groups attached to an aromatic ring is 1. The van der Waals surface area contributed by atoms with E-state index < -0.39 is 0 Å². The van der Waals surface area contributed by atoms with Crippen LogP contribution in [0.15, 0.2) is 30.3 Å². The Morgan fingerprint density at radius 3 is 2.58 bits per heavy atom. The molecule has 0 amide bonds. The number of anilines is 2. The Kier molecular flexibility index (Phi) is 4.34. The molecule has 4 heteroatoms. The Morgan fingerprint density at radius 2 is 1.89 bits per heavy atom. The van der Waals surface area contributed by atoms with Crippen LogP contribution < -0.4 is 11.1 Å². The highest BCUT2D eigenvalue weighted by atomic mass is 15.1. The molecule has 1 heterocycles. The molecule has 0 fully saturated rings. The average molecular weight is 256 g/mol. The van der Waals surface area contributed by atoms with Gasteiger partial charge in [-0.3, -0.25) is 0 Å². The Labute approximate surface area is 114 Å². The van der Waals surface area contributed by atoms with E-state index in [1.54, 1.807) is 0 Å². The smallest absolute Gasteiger partial charge is 0.134 e. The first kappa shape index (κ1) is 13.3. The number of nitrogens with one attached hydrogen (secondary N) is 1. The third kappa shape index (κ3) is 3.44. The molecule has 1 aromatic carbocycles. The van der Waals surface area contributed by atoms with Crippen molar-refractivity contribution in [3.05, 3.63) is 47.3 Å². The lowest BCUT2D eigenvalue weighted by Crippen LogP contribution is -2.11. The van der Waals surface area contributed by atoms with Crippen molar-refractivity contribution in [2.75, 3.05) is 17.6 Å². The van der Waals surface area contributed by atoms with Gasteiger partial charge in [0.2, 0.25) is 0 Å². The fourth-order valence-corrected chi connectivity index (χ4v) is 1.88. The van der Waals surface area contributed by atoms with Gasteiger partial charge in [-0.05, 0) is 18.9 Å². The number of rotatable bonds is 5. The van der Waals surface area contributed by atoms with Gasteiger partial charge in [0.1, 0.15) is 17.5 Å². The summed E-state index contributed by atoms with van der Waals surface area (Å²) < 4.78 is 0. The van der Waals surface area contributed by atoms with Crippen LogP contribution in [0.2, 0.25) is 0 Å². The molecular weight excluding hydrogens is 236 g/mol. The molecule has 19 heavy (non-hydrogen) atoms. The molecule has 0 aliphatic heterocycles. The zero-order valence-electron chi connectivity index (χ0n) is 11.5. The maximum absolute atomic E-state index is 5.89. The van der Waals surface area contributed by atoms with E-state index in [1.165, 1.54) is 5.56 Å². The number of aromatic nitrogens is 2. The summed E-state index contributed by atoms with van der Waals surface area (Å²) in [5.41, 5.74) is 8.12. The van der Waals surface area contributed by atoms with E-state index in [1.807, 2.05) is 19.9 Å². The second-order valence-corrected chi connectivity index (χ2v) is 4.51. The Hall–Kier alpha value is -2.10. The van der Waals surface area contributed by atoms with E-state index in [0.29, 0.717) is 5.82 Å². The third-order valence-corrected chi connectivity index (χ3v) is 3.09. The highest BCUT2D eigenvalue weighted by Gasteiger charge is 2.07. The number of nitrogens with two attached hydrogens (primary N) is 1. The van der Waals surface area contributed by atoms with E-state index in [2.05, 4.69) is 39.6 Å². The number of hydrogen-bond donors (Lipinski definition) is 2. The summed E-state index contributed by atoms with van der Waals surface area (Å²) in [7, 11) is 0. The molecule has 0 unspecified atom stereocenters. The fraction of sp³-hybridized carbons (Fsp3) is 0.333. The van der Waals surface area contributed by atoms with Crippen LogP contribution in [0.3, 0.4) is 0 Å². The number of hydrogen-bond acceptors (Lipinski definition) is 4. The highest BCUT2D eigenvalue weighted by molar-refractivity contribution is 5.54. The zero-order valence-corrected chi connectivity index (χ0v) is 11.5. The lowest BCUT2D eigenvalue weighted by molar-refractivity contribution is 0.920. The van der Waals surface area contributed by atoms with Crippen molar-refractivity contribution in [3.63, 3.8) is 0 Å². The van der Waals surface area contributed by atoms with Crippen molar-refractivity contribution in [2.45, 2.75) is 26.7 Å². The van der Waals surface area contributed by atoms with E-state index in [-0.39, 0.29) is 0 Å². The van der Waals surface area contributed by atoms with Crippen molar-refractivity contribution in [1.82, 2.24) is 9.97 Å². The molecule has 1 aromatic heterocycles. The van der Waals surface area contributed by atoms with Crippen LogP contribution >= 0.6 is 0 Å². The first-order valence-electron chi connectivity index (χ1n) is 6.61. The molecule has 0 aliphatic rings. The lowest BCUT2D eigenvalue weighted by atomic mass is 10.1. The number of nitrogens with zero attached hydrogens (tertiary/aromatic N) is 2. The average Bonchev–Trinajstić information content (AvgIpc) is 2.44. The van der Waals surface area contributed by atoms with Gasteiger partial charge in [-0.25, -0.2) is 9.97 Å². The van der Waals surface area contributed by atoms with Crippen LogP contribution in [-0.2, 0) is 12.8 Å². The monoisotopic (exact) mass is 256 g/mol. The second-order valence-electron chi connectivity index (χ2n) is 4.51. The summed E-state index contributed by atoms with van der Waals surface area (Å²) in [5, 5.41) is 3.35. The van der Waals surface area contributed by atoms with Gasteiger partial charge < -0.3 is 11.1 Å². The van der Waals surface area contributed by atoms with Crippen LogP contribution in [0.1, 0.15) is 23.9 Å². The summed E-state index contributed by atoms with van der Waals surface area (Å²) in [6.45, 7) is 4.81. The van der Waals surface area contributed by atoms with E-state index in [9.17, 15) is 0 Å². The van der Waals surface area contributed by atoms with Crippen molar-refractivity contribution < 1.29 is 0 Å². The zero-order chi connectivity index (χ0) is 13.7. The minimum Gasteiger partial charge on any atom is -0.383 e. The molecule has 0 atom stereocenters. The molecule has 2 rings (SSSR count). The summed E-state index contributed by atoms with van der Waals surface area (Å²) >= 11 is 0. The molecule has 0 bridgehead atoms. The summed E-state index contributed by atoms with van der Waals surface area (Å²) in [4.78, 5) is 8.73. The van der Waals surface area contributed by atoms with Crippen LogP contribution in [0.4, 0.5) is 11.6 Å². The number of aryl methyl sites for hydroxylation is 1. The van der Waals surface area contributed by atoms with Crippen molar-refractivity contribution in [1.29, 1.82) is 0 Å². The minimum absolute atomic E-state index is 0.564. The number of benzene rings is 1. The molecule has 0 saturated heterocycles. The Balaban J connectivity index is 2.01. The third-order valence-electron chi connectivity index (χ3n) is 3.09. The van der Waals surface area contributed by atoms with Crippen LogP contribution in [0.25, 0.3) is 0 Å². The van der Waals surface area contributed by atoms with Gasteiger partial charge in [-0.15, -0.1) is 0 Å². The largest absolute Gasteiger partial charge is 0.383 e. The molecule has 4 nitrogen and oxygen atoms in total. The van der Waals surface area contributed by atoms with E-state index >= 15 is 0 Å². The van der Waals surface area contributed by atoms with E-state index in [0.717, 1.165) is 36.6 Å². The van der Waals surface area contributed by atoms with E-state index in [4.69, 9.17) is 5.73 Å². The maximum Gasteiger partial charge on any atom is 0.134 e. The van der Waals surface area contributed by atoms with Crippen molar-refractivity contribution in [2.24, 2.45) is 0 Å². The van der Waals surface area contributed by atoms with Gasteiger partial charge >= 0.3 is 0 Å². The highest BCUT2D eigenvalue weighted by Crippen LogP contribution is 2.17. The van der Waals surface area contributed by atoms with Crippen LogP contribution in [0.5, 0.6) is 0 Å². The molecule has 2 aromatic rings. The van der Waals surface area contributed by atoms with Gasteiger partial charge in [-0.1, -0.05) is 37.3 Å². The summed E-state index contributed by atoms with van der Waals surface area (Å²) in [6.07, 6.45) is 1.75. The SMILES string of the molecule is CCc1nc(N)c(C)c(NCCc2ccccc2)n1.